The summed E-state index contributed by atoms with van der Waals surface area (Å²) in [6, 6.07) is 0. The molecule has 1 heterocycles. The zero-order valence-electron chi connectivity index (χ0n) is 8.36. The van der Waals surface area contributed by atoms with E-state index in [9.17, 15) is 9.59 Å². The van der Waals surface area contributed by atoms with Gasteiger partial charge in [0.05, 0.1) is 6.54 Å². The van der Waals surface area contributed by atoms with Gasteiger partial charge in [-0.2, -0.15) is 0 Å². The van der Waals surface area contributed by atoms with E-state index in [1.807, 2.05) is 0 Å². The van der Waals surface area contributed by atoms with Crippen molar-refractivity contribution in [2.45, 2.75) is 25.9 Å². The molecule has 0 bridgehead atoms. The van der Waals surface area contributed by atoms with Crippen LogP contribution in [0.4, 0.5) is 4.79 Å². The van der Waals surface area contributed by atoms with E-state index < -0.39 is 6.09 Å². The maximum absolute atomic E-state index is 10.8. The summed E-state index contributed by atoms with van der Waals surface area (Å²) in [5, 5.41) is 0. The maximum Gasteiger partial charge on any atom is 0.404 e. The molecule has 2 N–H and O–H groups in total. The van der Waals surface area contributed by atoms with Gasteiger partial charge < -0.3 is 10.5 Å². The Hall–Kier alpha value is -1.10. The number of amides is 1. The lowest BCUT2D eigenvalue weighted by atomic mass is 10.1. The topological polar surface area (TPSA) is 72.6 Å². The van der Waals surface area contributed by atoms with Crippen LogP contribution in [0.2, 0.25) is 0 Å². The first-order chi connectivity index (χ1) is 6.58. The Morgan fingerprint density at radius 2 is 2.00 bits per heavy atom. The molecule has 5 nitrogen and oxygen atoms in total. The number of primary amides is 1. The zero-order valence-corrected chi connectivity index (χ0v) is 8.36. The minimum Gasteiger partial charge on any atom is -0.446 e. The third-order valence-corrected chi connectivity index (χ3v) is 2.26. The van der Waals surface area contributed by atoms with Gasteiger partial charge in [0.2, 0.25) is 0 Å². The molecule has 0 aromatic carbocycles. The summed E-state index contributed by atoms with van der Waals surface area (Å²) in [6.07, 6.45) is 0.734. The largest absolute Gasteiger partial charge is 0.446 e. The predicted molar refractivity (Wildman–Crippen MR) is 50.8 cm³/mol. The molecule has 14 heavy (non-hydrogen) atoms. The molecule has 1 saturated heterocycles. The molecule has 0 spiro atoms. The van der Waals surface area contributed by atoms with Gasteiger partial charge in [-0.25, -0.2) is 4.79 Å². The van der Waals surface area contributed by atoms with Crippen molar-refractivity contribution in [1.82, 2.24) is 4.90 Å². The lowest BCUT2D eigenvalue weighted by Gasteiger charge is -2.30. The Kier molecular flexibility index (Phi) is 3.88. The second kappa shape index (κ2) is 4.95. The highest BCUT2D eigenvalue weighted by Crippen LogP contribution is 2.13. The third kappa shape index (κ3) is 3.74. The summed E-state index contributed by atoms with van der Waals surface area (Å²) in [5.74, 6) is 0.166. The first-order valence-electron chi connectivity index (χ1n) is 4.76. The highest BCUT2D eigenvalue weighted by molar-refractivity contribution is 5.77. The van der Waals surface area contributed by atoms with Gasteiger partial charge >= 0.3 is 6.09 Å². The van der Waals surface area contributed by atoms with Crippen molar-refractivity contribution in [3.8, 4) is 0 Å². The van der Waals surface area contributed by atoms with E-state index >= 15 is 0 Å². The lowest BCUT2D eigenvalue weighted by molar-refractivity contribution is -0.118. The number of piperidine rings is 1. The molecule has 1 amide bonds. The Balaban J connectivity index is 2.24. The number of carbonyl (C=O) groups is 2. The number of Topliss-reactive ketones (excluding diaryl/α,β-unsaturated/α-hetero) is 1. The molecule has 5 heteroatoms. The van der Waals surface area contributed by atoms with E-state index in [1.165, 1.54) is 0 Å². The molecule has 0 aliphatic carbocycles. The van der Waals surface area contributed by atoms with Gasteiger partial charge in [0, 0.05) is 13.1 Å². The van der Waals surface area contributed by atoms with Gasteiger partial charge in [-0.15, -0.1) is 0 Å². The second-order valence-electron chi connectivity index (χ2n) is 3.61. The molecule has 80 valence electrons. The van der Waals surface area contributed by atoms with Crippen LogP contribution < -0.4 is 5.73 Å². The van der Waals surface area contributed by atoms with Gasteiger partial charge in [0.15, 0.2) is 0 Å². The highest BCUT2D eigenvalue weighted by atomic mass is 16.6. The van der Waals surface area contributed by atoms with Gasteiger partial charge in [-0.05, 0) is 19.8 Å². The van der Waals surface area contributed by atoms with Crippen molar-refractivity contribution >= 4 is 11.9 Å². The van der Waals surface area contributed by atoms with Crippen LogP contribution in [0.1, 0.15) is 19.8 Å². The summed E-state index contributed by atoms with van der Waals surface area (Å²) in [6.45, 7) is 3.64. The van der Waals surface area contributed by atoms with E-state index in [2.05, 4.69) is 4.90 Å². The van der Waals surface area contributed by atoms with E-state index in [4.69, 9.17) is 10.5 Å². The lowest BCUT2D eigenvalue weighted by Crippen LogP contribution is -2.40. The molecule has 1 aliphatic rings. The van der Waals surface area contributed by atoms with Crippen LogP contribution in [0, 0.1) is 0 Å². The fraction of sp³-hybridized carbons (Fsp3) is 0.778. The van der Waals surface area contributed by atoms with Crippen LogP contribution in [0.25, 0.3) is 0 Å². The Labute approximate surface area is 83.2 Å². The Bertz CT molecular complexity index is 198. The molecule has 1 aliphatic heterocycles. The molecule has 0 atom stereocenters. The van der Waals surface area contributed by atoms with E-state index in [0.29, 0.717) is 6.54 Å². The molecule has 0 unspecified atom stereocenters. The molecule has 1 rings (SSSR count). The highest BCUT2D eigenvalue weighted by Gasteiger charge is 2.21. The van der Waals surface area contributed by atoms with Crippen molar-refractivity contribution in [2.24, 2.45) is 5.73 Å². The van der Waals surface area contributed by atoms with Crippen molar-refractivity contribution in [2.75, 3.05) is 19.6 Å². The molecule has 0 aromatic rings. The van der Waals surface area contributed by atoms with Crippen molar-refractivity contribution < 1.29 is 14.3 Å². The summed E-state index contributed by atoms with van der Waals surface area (Å²) < 4.78 is 4.87. The van der Waals surface area contributed by atoms with Crippen LogP contribution in [0.15, 0.2) is 0 Å². The first-order valence-corrected chi connectivity index (χ1v) is 4.76. The van der Waals surface area contributed by atoms with Crippen LogP contribution in [0.5, 0.6) is 0 Å². The number of rotatable bonds is 3. The van der Waals surface area contributed by atoms with Crippen LogP contribution in [0.3, 0.4) is 0 Å². The molecule has 0 radical (unpaired) electrons. The Morgan fingerprint density at radius 1 is 1.43 bits per heavy atom. The summed E-state index contributed by atoms with van der Waals surface area (Å²) in [7, 11) is 0. The van der Waals surface area contributed by atoms with E-state index in [0.717, 1.165) is 25.9 Å². The summed E-state index contributed by atoms with van der Waals surface area (Å²) in [5.41, 5.74) is 4.91. The number of nitrogens with zero attached hydrogens (tertiary/aromatic N) is 1. The van der Waals surface area contributed by atoms with Crippen molar-refractivity contribution in [3.63, 3.8) is 0 Å². The molecule has 0 saturated carbocycles. The number of ether oxygens (including phenoxy) is 1. The molecular formula is C9H16N2O3. The number of hydrogen-bond acceptors (Lipinski definition) is 4. The van der Waals surface area contributed by atoms with Gasteiger partial charge in [-0.1, -0.05) is 0 Å². The van der Waals surface area contributed by atoms with Crippen LogP contribution in [-0.4, -0.2) is 42.5 Å². The van der Waals surface area contributed by atoms with Crippen LogP contribution in [-0.2, 0) is 9.53 Å². The number of likely N-dealkylation sites (tertiary alicyclic amines) is 1. The normalized spacial score (nSPS) is 19.2. The number of nitrogens with two attached hydrogens (primary N) is 1. The number of hydrogen-bond donors (Lipinski definition) is 1. The van der Waals surface area contributed by atoms with Crippen molar-refractivity contribution in [1.29, 1.82) is 0 Å². The monoisotopic (exact) mass is 200 g/mol. The van der Waals surface area contributed by atoms with E-state index in [-0.39, 0.29) is 11.9 Å². The number of ketones is 1. The molecular weight excluding hydrogens is 184 g/mol. The Morgan fingerprint density at radius 3 is 2.43 bits per heavy atom. The summed E-state index contributed by atoms with van der Waals surface area (Å²) in [4.78, 5) is 23.3. The van der Waals surface area contributed by atoms with Crippen molar-refractivity contribution in [3.05, 3.63) is 0 Å². The molecule has 0 aromatic heterocycles. The molecule has 1 fully saturated rings. The average molecular weight is 200 g/mol. The quantitative estimate of drug-likeness (QED) is 0.703. The zero-order chi connectivity index (χ0) is 10.6. The van der Waals surface area contributed by atoms with Gasteiger partial charge in [0.1, 0.15) is 11.9 Å². The fourth-order valence-electron chi connectivity index (χ4n) is 1.66. The smallest absolute Gasteiger partial charge is 0.404 e. The number of carbonyl (C=O) groups excluding carboxylic acids is 2. The van der Waals surface area contributed by atoms with E-state index in [1.54, 1.807) is 6.92 Å². The van der Waals surface area contributed by atoms with Crippen LogP contribution >= 0.6 is 0 Å². The summed E-state index contributed by atoms with van der Waals surface area (Å²) >= 11 is 0. The third-order valence-electron chi connectivity index (χ3n) is 2.26. The minimum absolute atomic E-state index is 0.0734. The average Bonchev–Trinajstić information content (AvgIpc) is 2.06. The second-order valence-corrected chi connectivity index (χ2v) is 3.61. The fourth-order valence-corrected chi connectivity index (χ4v) is 1.66. The standard InChI is InChI=1S/C9H16N2O3/c1-7(12)6-11-4-2-8(3-5-11)14-9(10)13/h8H,2-6H2,1H3,(H2,10,13). The van der Waals surface area contributed by atoms with Gasteiger partial charge in [-0.3, -0.25) is 9.69 Å². The SMILES string of the molecule is CC(=O)CN1CCC(OC(N)=O)CC1. The first kappa shape index (κ1) is 11.0. The maximum atomic E-state index is 10.8. The minimum atomic E-state index is -0.713. The predicted octanol–water partition coefficient (Wildman–Crippen LogP) is 0.135. The van der Waals surface area contributed by atoms with Gasteiger partial charge in [0.25, 0.3) is 0 Å².